The number of unbranched alkanes of at least 4 members (excludes halogenated alkanes) is 11. The third kappa shape index (κ3) is 12.4. The van der Waals surface area contributed by atoms with E-state index in [0.717, 1.165) is 6.42 Å². The molecule has 0 aliphatic rings. The zero-order valence-corrected chi connectivity index (χ0v) is 22.7. The third-order valence-electron chi connectivity index (χ3n) is 5.57. The van der Waals surface area contributed by atoms with Gasteiger partial charge in [0.05, 0.1) is 4.90 Å². The van der Waals surface area contributed by atoms with Crippen LogP contribution in [0.25, 0.3) is 0 Å². The monoisotopic (exact) mass is 468 g/mol. The summed E-state index contributed by atoms with van der Waals surface area (Å²) in [7, 11) is -4.43. The maximum atomic E-state index is 11.0. The second-order valence-electron chi connectivity index (χ2n) is 8.31. The van der Waals surface area contributed by atoms with Crippen molar-refractivity contribution in [2.75, 3.05) is 0 Å². The van der Waals surface area contributed by atoms with Gasteiger partial charge in [0.1, 0.15) is 21.6 Å². The molecular weight excluding hydrogens is 431 g/mol. The van der Waals surface area contributed by atoms with Crippen LogP contribution in [0.4, 0.5) is 0 Å². The number of hydrogen-bond acceptors (Lipinski definition) is 4. The molecule has 4 nitrogen and oxygen atoms in total. The summed E-state index contributed by atoms with van der Waals surface area (Å²) in [5.41, 5.74) is 1.24. The molecule has 0 atom stereocenters. The van der Waals surface area contributed by atoms with E-state index in [4.69, 9.17) is 4.74 Å². The van der Waals surface area contributed by atoms with E-state index in [1.807, 2.05) is 18.2 Å². The molecule has 0 aromatic heterocycles. The number of hydrogen-bond donors (Lipinski definition) is 0. The Morgan fingerprint density at radius 2 is 1.25 bits per heavy atom. The predicted octanol–water partition coefficient (Wildman–Crippen LogP) is 4.63. The van der Waals surface area contributed by atoms with Crippen LogP contribution in [0.1, 0.15) is 89.5 Å². The molecule has 0 aliphatic carbocycles. The Bertz CT molecular complexity index is 850. The molecule has 172 valence electrons. The maximum Gasteiger partial charge on any atom is 1.00 e. The minimum absolute atomic E-state index is 0. The van der Waals surface area contributed by atoms with E-state index in [1.165, 1.54) is 107 Å². The molecule has 0 bridgehead atoms. The molecule has 0 heterocycles. The van der Waals surface area contributed by atoms with Crippen molar-refractivity contribution < 1.29 is 47.3 Å². The summed E-state index contributed by atoms with van der Waals surface area (Å²) >= 11 is 0. The summed E-state index contributed by atoms with van der Waals surface area (Å²) in [6, 6.07) is 13.5. The van der Waals surface area contributed by atoms with Crippen LogP contribution in [-0.2, 0) is 16.5 Å². The number of aryl methyl sites for hydroxylation is 1. The quantitative estimate of drug-likeness (QED) is 0.205. The van der Waals surface area contributed by atoms with E-state index in [0.29, 0.717) is 11.5 Å². The van der Waals surface area contributed by atoms with Gasteiger partial charge in [0.15, 0.2) is 0 Å². The Balaban J connectivity index is 0.00000512. The van der Waals surface area contributed by atoms with E-state index >= 15 is 0 Å². The molecule has 0 amide bonds. The fourth-order valence-electron chi connectivity index (χ4n) is 3.75. The number of ether oxygens (including phenoxy) is 1. The van der Waals surface area contributed by atoms with Gasteiger partial charge in [0.25, 0.3) is 0 Å². The summed E-state index contributed by atoms with van der Waals surface area (Å²) in [4.78, 5) is -0.249. The first kappa shape index (κ1) is 29.2. The summed E-state index contributed by atoms with van der Waals surface area (Å²) in [5.74, 6) is 1.23. The van der Waals surface area contributed by atoms with Gasteiger partial charge in [0, 0.05) is 0 Å². The van der Waals surface area contributed by atoms with Crippen molar-refractivity contribution in [2.45, 2.75) is 95.3 Å². The Hall–Kier alpha value is -0.850. The fourth-order valence-corrected chi connectivity index (χ4v) is 4.21. The molecular formula is C26H37NaO4S. The third-order valence-corrected chi connectivity index (χ3v) is 6.42. The average Bonchev–Trinajstić information content (AvgIpc) is 2.74. The molecule has 0 aliphatic heterocycles. The summed E-state index contributed by atoms with van der Waals surface area (Å²) in [6.07, 6.45) is 17.2. The summed E-state index contributed by atoms with van der Waals surface area (Å²) in [5, 5.41) is 0. The first-order valence-electron chi connectivity index (χ1n) is 11.8. The van der Waals surface area contributed by atoms with Crippen molar-refractivity contribution >= 4 is 10.1 Å². The first-order chi connectivity index (χ1) is 15.0. The van der Waals surface area contributed by atoms with E-state index in [2.05, 4.69) is 13.0 Å². The van der Waals surface area contributed by atoms with Gasteiger partial charge in [0.2, 0.25) is 0 Å². The van der Waals surface area contributed by atoms with Crippen LogP contribution in [0.2, 0.25) is 0 Å². The van der Waals surface area contributed by atoms with Gasteiger partial charge in [-0.25, -0.2) is 8.42 Å². The van der Waals surface area contributed by atoms with Gasteiger partial charge in [-0.05, 0) is 54.8 Å². The van der Waals surface area contributed by atoms with Crippen LogP contribution in [0.15, 0.2) is 53.4 Å². The molecule has 0 spiro atoms. The van der Waals surface area contributed by atoms with E-state index in [9.17, 15) is 13.0 Å². The molecule has 6 heteroatoms. The topological polar surface area (TPSA) is 66.4 Å². The van der Waals surface area contributed by atoms with Gasteiger partial charge in [-0.1, -0.05) is 89.7 Å². The summed E-state index contributed by atoms with van der Waals surface area (Å²) in [6.45, 7) is 2.26. The van der Waals surface area contributed by atoms with Crippen molar-refractivity contribution in [3.63, 3.8) is 0 Å². The molecule has 0 unspecified atom stereocenters. The Morgan fingerprint density at radius 3 is 1.78 bits per heavy atom. The molecule has 0 fully saturated rings. The minimum atomic E-state index is -4.43. The van der Waals surface area contributed by atoms with Crippen LogP contribution < -0.4 is 34.3 Å². The number of benzene rings is 2. The maximum absolute atomic E-state index is 11.0. The Labute approximate surface area is 217 Å². The molecule has 2 rings (SSSR count). The molecule has 32 heavy (non-hydrogen) atoms. The Kier molecular flexibility index (Phi) is 15.2. The van der Waals surface area contributed by atoms with Crippen LogP contribution in [-0.4, -0.2) is 13.0 Å². The van der Waals surface area contributed by atoms with Crippen molar-refractivity contribution in [1.82, 2.24) is 0 Å². The van der Waals surface area contributed by atoms with Gasteiger partial charge in [-0.2, -0.15) is 0 Å². The van der Waals surface area contributed by atoms with E-state index in [-0.39, 0.29) is 34.5 Å². The molecule has 0 saturated carbocycles. The zero-order valence-electron chi connectivity index (χ0n) is 19.9. The smallest absolute Gasteiger partial charge is 0.744 e. The van der Waals surface area contributed by atoms with Gasteiger partial charge in [-0.3, -0.25) is 0 Å². The molecule has 0 saturated heterocycles. The molecule has 2 aromatic carbocycles. The molecule has 0 radical (unpaired) electrons. The average molecular weight is 469 g/mol. The summed E-state index contributed by atoms with van der Waals surface area (Å²) < 4.78 is 38.8. The minimum Gasteiger partial charge on any atom is -0.744 e. The predicted molar refractivity (Wildman–Crippen MR) is 126 cm³/mol. The van der Waals surface area contributed by atoms with Crippen LogP contribution in [0.5, 0.6) is 11.5 Å². The zero-order chi connectivity index (χ0) is 22.4. The van der Waals surface area contributed by atoms with Crippen molar-refractivity contribution in [3.05, 3.63) is 54.1 Å². The molecule has 2 aromatic rings. The van der Waals surface area contributed by atoms with E-state index in [1.54, 1.807) is 0 Å². The SMILES string of the molecule is CCCCCCCCCCCCCCc1cccc(Oc2ccc(S(=O)(=O)[O-])cc2)c1.[Na+]. The second-order valence-corrected chi connectivity index (χ2v) is 9.69. The van der Waals surface area contributed by atoms with Crippen LogP contribution in [0.3, 0.4) is 0 Å². The van der Waals surface area contributed by atoms with Crippen LogP contribution >= 0.6 is 0 Å². The first-order valence-corrected chi connectivity index (χ1v) is 13.2. The standard InChI is InChI=1S/C26H38O4S.Na/c1-2-3-4-5-6-7-8-9-10-11-12-13-15-23-16-14-17-25(22-23)30-24-18-20-26(21-19-24)31(27,28)29;/h14,16-22H,2-13,15H2,1H3,(H,27,28,29);/q;+1/p-1. The second kappa shape index (κ2) is 16.7. The van der Waals surface area contributed by atoms with Crippen molar-refractivity contribution in [2.24, 2.45) is 0 Å². The van der Waals surface area contributed by atoms with Crippen LogP contribution in [0, 0.1) is 0 Å². The van der Waals surface area contributed by atoms with Gasteiger partial charge < -0.3 is 9.29 Å². The van der Waals surface area contributed by atoms with E-state index < -0.39 is 10.1 Å². The normalized spacial score (nSPS) is 11.2. The number of rotatable bonds is 16. The Morgan fingerprint density at radius 1 is 0.719 bits per heavy atom. The van der Waals surface area contributed by atoms with Gasteiger partial charge in [-0.15, -0.1) is 0 Å². The fraction of sp³-hybridized carbons (Fsp3) is 0.538. The van der Waals surface area contributed by atoms with Gasteiger partial charge >= 0.3 is 29.6 Å². The molecule has 0 N–H and O–H groups in total. The van der Waals surface area contributed by atoms with Crippen molar-refractivity contribution in [1.29, 1.82) is 0 Å². The van der Waals surface area contributed by atoms with Crippen molar-refractivity contribution in [3.8, 4) is 11.5 Å². The largest absolute Gasteiger partial charge is 1.00 e.